The molecule has 6 heteroatoms. The van der Waals surface area contributed by atoms with Gasteiger partial charge in [-0.3, -0.25) is 9.38 Å². The van der Waals surface area contributed by atoms with E-state index < -0.39 is 0 Å². The van der Waals surface area contributed by atoms with Gasteiger partial charge in [0, 0.05) is 25.3 Å². The average molecular weight is 308 g/mol. The molecule has 0 aliphatic carbocycles. The fourth-order valence-corrected chi connectivity index (χ4v) is 3.20. The Labute approximate surface area is 135 Å². The molecule has 0 bridgehead atoms. The Kier molecular flexibility index (Phi) is 3.67. The van der Waals surface area contributed by atoms with Crippen molar-refractivity contribution in [3.8, 4) is 11.4 Å². The number of fused-ring (bicyclic) bond motifs is 1. The minimum absolute atomic E-state index is 0.409. The van der Waals surface area contributed by atoms with Crippen molar-refractivity contribution in [3.63, 3.8) is 0 Å². The van der Waals surface area contributed by atoms with E-state index in [4.69, 9.17) is 4.98 Å². The fraction of sp³-hybridized carbons (Fsp3) is 0.353. The Morgan fingerprint density at radius 2 is 2.22 bits per heavy atom. The van der Waals surface area contributed by atoms with E-state index in [-0.39, 0.29) is 0 Å². The van der Waals surface area contributed by atoms with Crippen molar-refractivity contribution < 1.29 is 0 Å². The third-order valence-corrected chi connectivity index (χ3v) is 4.51. The summed E-state index contributed by atoms with van der Waals surface area (Å²) in [6.07, 6.45) is 8.57. The van der Waals surface area contributed by atoms with Crippen LogP contribution in [0.1, 0.15) is 13.3 Å². The van der Waals surface area contributed by atoms with E-state index in [9.17, 15) is 0 Å². The monoisotopic (exact) mass is 308 g/mol. The maximum Gasteiger partial charge on any atom is 0.145 e. The molecule has 4 heterocycles. The maximum absolute atomic E-state index is 4.74. The molecule has 1 aliphatic heterocycles. The third-order valence-electron chi connectivity index (χ3n) is 4.51. The van der Waals surface area contributed by atoms with Gasteiger partial charge in [-0.15, -0.1) is 0 Å². The molecule has 1 saturated heterocycles. The van der Waals surface area contributed by atoms with Crippen molar-refractivity contribution in [2.45, 2.75) is 19.4 Å². The van der Waals surface area contributed by atoms with Crippen molar-refractivity contribution in [3.05, 3.63) is 43.0 Å². The van der Waals surface area contributed by atoms with E-state index in [2.05, 4.69) is 27.5 Å². The Balaban J connectivity index is 1.64. The summed E-state index contributed by atoms with van der Waals surface area (Å²) in [6.45, 7) is 4.27. The summed E-state index contributed by atoms with van der Waals surface area (Å²) in [5.74, 6) is 1.46. The van der Waals surface area contributed by atoms with E-state index in [0.717, 1.165) is 42.4 Å². The molecule has 0 aromatic carbocycles. The van der Waals surface area contributed by atoms with Crippen molar-refractivity contribution in [1.82, 2.24) is 24.7 Å². The van der Waals surface area contributed by atoms with Crippen LogP contribution < -0.4 is 10.6 Å². The van der Waals surface area contributed by atoms with E-state index in [1.807, 2.05) is 35.0 Å². The Morgan fingerprint density at radius 3 is 3.13 bits per heavy atom. The molecule has 0 radical (unpaired) electrons. The summed E-state index contributed by atoms with van der Waals surface area (Å²) < 4.78 is 2.03. The fourth-order valence-electron chi connectivity index (χ4n) is 3.20. The van der Waals surface area contributed by atoms with Crippen LogP contribution in [-0.2, 0) is 0 Å². The lowest BCUT2D eigenvalue weighted by molar-refractivity contribution is 0.520. The minimum atomic E-state index is 0.409. The van der Waals surface area contributed by atoms with Crippen molar-refractivity contribution >= 4 is 11.5 Å². The number of hydrogen-bond donors (Lipinski definition) is 2. The second kappa shape index (κ2) is 5.96. The molecule has 1 fully saturated rings. The highest BCUT2D eigenvalue weighted by atomic mass is 15.1. The van der Waals surface area contributed by atoms with Crippen LogP contribution in [0.25, 0.3) is 17.0 Å². The SMILES string of the molecule is CC[C@@H]1CNC[C@@H]1Nc1cncc(-c2cnc3ccccn23)n1. The Morgan fingerprint density at radius 1 is 1.26 bits per heavy atom. The number of aromatic nitrogens is 4. The predicted molar refractivity (Wildman–Crippen MR) is 90.3 cm³/mol. The zero-order valence-electron chi connectivity index (χ0n) is 13.1. The molecule has 3 aromatic rings. The summed E-state index contributed by atoms with van der Waals surface area (Å²) in [4.78, 5) is 13.5. The summed E-state index contributed by atoms with van der Waals surface area (Å²) in [7, 11) is 0. The van der Waals surface area contributed by atoms with Gasteiger partial charge in [-0.05, 0) is 18.1 Å². The molecule has 1 aliphatic rings. The van der Waals surface area contributed by atoms with Gasteiger partial charge >= 0.3 is 0 Å². The lowest BCUT2D eigenvalue weighted by atomic mass is 10.0. The van der Waals surface area contributed by atoms with Crippen molar-refractivity contribution in [2.24, 2.45) is 5.92 Å². The van der Waals surface area contributed by atoms with Crippen LogP contribution in [0.5, 0.6) is 0 Å². The van der Waals surface area contributed by atoms with Crippen molar-refractivity contribution in [2.75, 3.05) is 18.4 Å². The average Bonchev–Trinajstić information content (AvgIpc) is 3.21. The predicted octanol–water partition coefficient (Wildman–Crippen LogP) is 2.20. The highest BCUT2D eigenvalue weighted by Gasteiger charge is 2.25. The zero-order chi connectivity index (χ0) is 15.6. The molecule has 0 unspecified atom stereocenters. The van der Waals surface area contributed by atoms with Crippen LogP contribution in [0.3, 0.4) is 0 Å². The molecule has 23 heavy (non-hydrogen) atoms. The molecular formula is C17H20N6. The van der Waals surface area contributed by atoms with Crippen LogP contribution in [-0.4, -0.2) is 38.5 Å². The van der Waals surface area contributed by atoms with Gasteiger partial charge in [-0.25, -0.2) is 9.97 Å². The summed E-state index contributed by atoms with van der Waals surface area (Å²) in [6, 6.07) is 6.36. The van der Waals surface area contributed by atoms with Crippen molar-refractivity contribution in [1.29, 1.82) is 0 Å². The van der Waals surface area contributed by atoms with E-state index >= 15 is 0 Å². The molecule has 2 N–H and O–H groups in total. The van der Waals surface area contributed by atoms with Crippen LogP contribution in [0, 0.1) is 5.92 Å². The minimum Gasteiger partial charge on any atom is -0.364 e. The first-order valence-electron chi connectivity index (χ1n) is 8.07. The Hall–Kier alpha value is -2.47. The molecule has 0 spiro atoms. The van der Waals surface area contributed by atoms with Crippen LogP contribution >= 0.6 is 0 Å². The lowest BCUT2D eigenvalue weighted by Gasteiger charge is -2.19. The number of imidazole rings is 1. The smallest absolute Gasteiger partial charge is 0.145 e. The number of nitrogens with zero attached hydrogens (tertiary/aromatic N) is 4. The van der Waals surface area contributed by atoms with Crippen LogP contribution in [0.4, 0.5) is 5.82 Å². The lowest BCUT2D eigenvalue weighted by Crippen LogP contribution is -2.28. The van der Waals surface area contributed by atoms with Gasteiger partial charge in [-0.2, -0.15) is 0 Å². The summed E-state index contributed by atoms with van der Waals surface area (Å²) in [5.41, 5.74) is 2.69. The van der Waals surface area contributed by atoms with E-state index in [0.29, 0.717) is 12.0 Å². The molecule has 0 amide bonds. The number of pyridine rings is 1. The largest absolute Gasteiger partial charge is 0.364 e. The summed E-state index contributed by atoms with van der Waals surface area (Å²) >= 11 is 0. The first-order chi connectivity index (χ1) is 11.3. The molecule has 118 valence electrons. The Bertz CT molecular complexity index is 811. The molecular weight excluding hydrogens is 288 g/mol. The van der Waals surface area contributed by atoms with Gasteiger partial charge in [0.15, 0.2) is 0 Å². The maximum atomic E-state index is 4.74. The van der Waals surface area contributed by atoms with Crippen LogP contribution in [0.15, 0.2) is 43.0 Å². The first-order valence-corrected chi connectivity index (χ1v) is 8.07. The number of rotatable bonds is 4. The molecule has 4 rings (SSSR count). The third kappa shape index (κ3) is 2.66. The zero-order valence-corrected chi connectivity index (χ0v) is 13.1. The normalized spacial score (nSPS) is 20.9. The first kappa shape index (κ1) is 14.1. The second-order valence-corrected chi connectivity index (χ2v) is 5.94. The van der Waals surface area contributed by atoms with Crippen LogP contribution in [0.2, 0.25) is 0 Å². The molecule has 2 atom stereocenters. The summed E-state index contributed by atoms with van der Waals surface area (Å²) in [5, 5.41) is 6.96. The highest BCUT2D eigenvalue weighted by Crippen LogP contribution is 2.21. The second-order valence-electron chi connectivity index (χ2n) is 5.94. The van der Waals surface area contributed by atoms with Gasteiger partial charge in [0.25, 0.3) is 0 Å². The molecule has 3 aromatic heterocycles. The molecule has 6 nitrogen and oxygen atoms in total. The van der Waals surface area contributed by atoms with Gasteiger partial charge < -0.3 is 10.6 Å². The quantitative estimate of drug-likeness (QED) is 0.773. The number of hydrogen-bond acceptors (Lipinski definition) is 5. The standard InChI is InChI=1S/C17H20N6/c1-2-12-7-18-8-13(12)21-16-11-19-9-14(22-16)15-10-20-17-5-3-4-6-23(15)17/h3-6,9-13,18H,2,7-8H2,1H3,(H,21,22)/t12-,13+/m1/s1. The van der Waals surface area contributed by atoms with Gasteiger partial charge in [0.2, 0.25) is 0 Å². The van der Waals surface area contributed by atoms with Gasteiger partial charge in [-0.1, -0.05) is 19.4 Å². The topological polar surface area (TPSA) is 67.1 Å². The number of nitrogens with one attached hydrogen (secondary N) is 2. The molecule has 0 saturated carbocycles. The number of anilines is 1. The highest BCUT2D eigenvalue weighted by molar-refractivity contribution is 5.60. The van der Waals surface area contributed by atoms with Gasteiger partial charge in [0.1, 0.15) is 17.2 Å². The van der Waals surface area contributed by atoms with E-state index in [1.54, 1.807) is 12.4 Å². The van der Waals surface area contributed by atoms with E-state index in [1.165, 1.54) is 0 Å². The van der Waals surface area contributed by atoms with Gasteiger partial charge in [0.05, 0.1) is 24.3 Å².